The van der Waals surface area contributed by atoms with Crippen LogP contribution in [0, 0.1) is 5.92 Å². The molecule has 5 heteroatoms. The molecule has 0 spiro atoms. The Balaban J connectivity index is 2.13. The summed E-state index contributed by atoms with van der Waals surface area (Å²) in [7, 11) is -3.37. The Kier molecular flexibility index (Phi) is 4.83. The quantitative estimate of drug-likeness (QED) is 0.873. The Morgan fingerprint density at radius 2 is 2.00 bits per heavy atom. The molecule has 0 bridgehead atoms. The van der Waals surface area contributed by atoms with Gasteiger partial charge in [-0.1, -0.05) is 50.1 Å². The van der Waals surface area contributed by atoms with Crippen molar-refractivity contribution in [2.24, 2.45) is 11.7 Å². The van der Waals surface area contributed by atoms with Gasteiger partial charge in [0.25, 0.3) is 0 Å². The van der Waals surface area contributed by atoms with Gasteiger partial charge in [0.1, 0.15) is 0 Å². The van der Waals surface area contributed by atoms with Crippen LogP contribution in [0.1, 0.15) is 38.2 Å². The topological polar surface area (TPSA) is 72.2 Å². The molecule has 2 rings (SSSR count). The van der Waals surface area contributed by atoms with Crippen molar-refractivity contribution in [3.8, 4) is 0 Å². The van der Waals surface area contributed by atoms with Crippen LogP contribution >= 0.6 is 0 Å². The van der Waals surface area contributed by atoms with E-state index in [2.05, 4.69) is 11.6 Å². The first-order valence-electron chi connectivity index (χ1n) is 7.23. The highest BCUT2D eigenvalue weighted by Crippen LogP contribution is 2.33. The van der Waals surface area contributed by atoms with Gasteiger partial charge in [-0.25, -0.2) is 13.1 Å². The van der Waals surface area contributed by atoms with Crippen LogP contribution in [0.3, 0.4) is 0 Å². The monoisotopic (exact) mass is 296 g/mol. The Hall–Kier alpha value is -0.910. The van der Waals surface area contributed by atoms with Crippen molar-refractivity contribution in [2.75, 3.05) is 6.54 Å². The molecule has 1 saturated carbocycles. The van der Waals surface area contributed by atoms with Crippen LogP contribution in [0.15, 0.2) is 30.3 Å². The van der Waals surface area contributed by atoms with Crippen LogP contribution < -0.4 is 10.5 Å². The van der Waals surface area contributed by atoms with Crippen molar-refractivity contribution in [3.05, 3.63) is 35.9 Å². The third kappa shape index (κ3) is 3.59. The van der Waals surface area contributed by atoms with E-state index < -0.39 is 15.6 Å². The Bertz CT molecular complexity index is 530. The smallest absolute Gasteiger partial charge is 0.216 e. The molecule has 0 aromatic heterocycles. The number of hydrogen-bond donors (Lipinski definition) is 2. The summed E-state index contributed by atoms with van der Waals surface area (Å²) in [6.45, 7) is 2.46. The SMILES string of the molecule is CC1CCCCC1(CN)NS(=O)(=O)Cc1ccccc1. The molecule has 1 fully saturated rings. The first kappa shape index (κ1) is 15.5. The molecule has 112 valence electrons. The number of nitrogens with one attached hydrogen (secondary N) is 1. The molecule has 1 aliphatic carbocycles. The summed E-state index contributed by atoms with van der Waals surface area (Å²) in [5.74, 6) is 0.300. The molecule has 0 radical (unpaired) electrons. The first-order chi connectivity index (χ1) is 9.47. The maximum Gasteiger partial charge on any atom is 0.216 e. The molecule has 20 heavy (non-hydrogen) atoms. The second kappa shape index (κ2) is 6.24. The second-order valence-electron chi connectivity index (χ2n) is 5.85. The van der Waals surface area contributed by atoms with Gasteiger partial charge >= 0.3 is 0 Å². The summed E-state index contributed by atoms with van der Waals surface area (Å²) in [6.07, 6.45) is 4.06. The Morgan fingerprint density at radius 1 is 1.30 bits per heavy atom. The fourth-order valence-electron chi connectivity index (χ4n) is 3.05. The summed E-state index contributed by atoms with van der Waals surface area (Å²) in [5, 5.41) is 0. The van der Waals surface area contributed by atoms with E-state index in [0.29, 0.717) is 6.54 Å². The van der Waals surface area contributed by atoms with E-state index in [1.807, 2.05) is 30.3 Å². The first-order valence-corrected chi connectivity index (χ1v) is 8.88. The number of nitrogens with two attached hydrogens (primary N) is 1. The summed E-state index contributed by atoms with van der Waals surface area (Å²) in [4.78, 5) is 0. The summed E-state index contributed by atoms with van der Waals surface area (Å²) in [5.41, 5.74) is 6.24. The zero-order valence-electron chi connectivity index (χ0n) is 12.0. The van der Waals surface area contributed by atoms with Gasteiger partial charge in [-0.15, -0.1) is 0 Å². The molecule has 1 aromatic rings. The van der Waals surface area contributed by atoms with Gasteiger partial charge in [0.2, 0.25) is 10.0 Å². The lowest BCUT2D eigenvalue weighted by Gasteiger charge is -2.42. The highest BCUT2D eigenvalue weighted by Gasteiger charge is 2.40. The lowest BCUT2D eigenvalue weighted by atomic mass is 9.74. The zero-order valence-corrected chi connectivity index (χ0v) is 12.8. The van der Waals surface area contributed by atoms with Crippen LogP contribution in [0.4, 0.5) is 0 Å². The van der Waals surface area contributed by atoms with Crippen LogP contribution in [-0.4, -0.2) is 20.5 Å². The Labute approximate surface area is 121 Å². The van der Waals surface area contributed by atoms with Crippen LogP contribution in [0.5, 0.6) is 0 Å². The molecular formula is C15H24N2O2S. The van der Waals surface area contributed by atoms with Crippen LogP contribution in [-0.2, 0) is 15.8 Å². The van der Waals surface area contributed by atoms with E-state index in [4.69, 9.17) is 5.73 Å². The molecule has 2 atom stereocenters. The molecule has 0 heterocycles. The van der Waals surface area contributed by atoms with Gasteiger partial charge in [0, 0.05) is 12.1 Å². The molecule has 2 unspecified atom stereocenters. The molecule has 0 amide bonds. The van der Waals surface area contributed by atoms with Gasteiger partial charge < -0.3 is 5.73 Å². The lowest BCUT2D eigenvalue weighted by molar-refractivity contribution is 0.191. The predicted octanol–water partition coefficient (Wildman–Crippen LogP) is 2.01. The number of sulfonamides is 1. The molecule has 4 nitrogen and oxygen atoms in total. The summed E-state index contributed by atoms with van der Waals surface area (Å²) < 4.78 is 27.7. The minimum atomic E-state index is -3.37. The van der Waals surface area contributed by atoms with Gasteiger partial charge in [0.15, 0.2) is 0 Å². The molecule has 3 N–H and O–H groups in total. The normalized spacial score (nSPS) is 27.4. The van der Waals surface area contributed by atoms with Crippen molar-refractivity contribution in [1.29, 1.82) is 0 Å². The number of hydrogen-bond acceptors (Lipinski definition) is 3. The number of rotatable bonds is 5. The molecule has 1 aromatic carbocycles. The van der Waals surface area contributed by atoms with Crippen molar-refractivity contribution in [1.82, 2.24) is 4.72 Å². The van der Waals surface area contributed by atoms with Gasteiger partial charge in [0.05, 0.1) is 5.75 Å². The van der Waals surface area contributed by atoms with Gasteiger partial charge in [-0.05, 0) is 24.3 Å². The average Bonchev–Trinajstić information content (AvgIpc) is 2.42. The van der Waals surface area contributed by atoms with E-state index >= 15 is 0 Å². The van der Waals surface area contributed by atoms with Crippen molar-refractivity contribution >= 4 is 10.0 Å². The fourth-order valence-corrected chi connectivity index (χ4v) is 4.76. The Morgan fingerprint density at radius 3 is 2.60 bits per heavy atom. The van der Waals surface area contributed by atoms with Crippen LogP contribution in [0.25, 0.3) is 0 Å². The maximum absolute atomic E-state index is 12.4. The van der Waals surface area contributed by atoms with Crippen molar-refractivity contribution < 1.29 is 8.42 Å². The largest absolute Gasteiger partial charge is 0.329 e. The molecular weight excluding hydrogens is 272 g/mol. The maximum atomic E-state index is 12.4. The summed E-state index contributed by atoms with van der Waals surface area (Å²) >= 11 is 0. The molecule has 1 aliphatic rings. The standard InChI is InChI=1S/C15H24N2O2S/c1-13-7-5-6-10-15(13,12-16)17-20(18,19)11-14-8-3-2-4-9-14/h2-4,8-9,13,17H,5-7,10-12,16H2,1H3. The van der Waals surface area contributed by atoms with E-state index in [-0.39, 0.29) is 11.7 Å². The molecule has 0 saturated heterocycles. The third-order valence-corrected chi connectivity index (χ3v) is 5.81. The van der Waals surface area contributed by atoms with Crippen molar-refractivity contribution in [2.45, 2.75) is 43.9 Å². The van der Waals surface area contributed by atoms with Gasteiger partial charge in [-0.2, -0.15) is 0 Å². The molecule has 0 aliphatic heterocycles. The van der Waals surface area contributed by atoms with Crippen LogP contribution in [0.2, 0.25) is 0 Å². The third-order valence-electron chi connectivity index (χ3n) is 4.38. The minimum absolute atomic E-state index is 0.0162. The second-order valence-corrected chi connectivity index (χ2v) is 7.58. The highest BCUT2D eigenvalue weighted by atomic mass is 32.2. The zero-order chi connectivity index (χ0) is 14.6. The van der Waals surface area contributed by atoms with E-state index in [0.717, 1.165) is 31.2 Å². The minimum Gasteiger partial charge on any atom is -0.329 e. The van der Waals surface area contributed by atoms with Gasteiger partial charge in [-0.3, -0.25) is 0 Å². The van der Waals surface area contributed by atoms with E-state index in [1.54, 1.807) is 0 Å². The van der Waals surface area contributed by atoms with Crippen molar-refractivity contribution in [3.63, 3.8) is 0 Å². The van der Waals surface area contributed by atoms with E-state index in [9.17, 15) is 8.42 Å². The highest BCUT2D eigenvalue weighted by molar-refractivity contribution is 7.88. The summed E-state index contributed by atoms with van der Waals surface area (Å²) in [6, 6.07) is 9.25. The predicted molar refractivity (Wildman–Crippen MR) is 81.6 cm³/mol. The van der Waals surface area contributed by atoms with E-state index in [1.165, 1.54) is 0 Å². The number of benzene rings is 1. The fraction of sp³-hybridized carbons (Fsp3) is 0.600. The lowest BCUT2D eigenvalue weighted by Crippen LogP contribution is -2.59. The average molecular weight is 296 g/mol.